The van der Waals surface area contributed by atoms with Crippen LogP contribution in [0.3, 0.4) is 0 Å². The number of nitrogens with one attached hydrogen (secondary N) is 1. The van der Waals surface area contributed by atoms with E-state index < -0.39 is 0 Å². The zero-order chi connectivity index (χ0) is 13.1. The molecular formula is C12H12BrN3OS. The predicted octanol–water partition coefficient (Wildman–Crippen LogP) is 2.85. The van der Waals surface area contributed by atoms with Crippen LogP contribution in [0.25, 0.3) is 0 Å². The topological polar surface area (TPSA) is 54.9 Å². The van der Waals surface area contributed by atoms with Gasteiger partial charge in [-0.15, -0.1) is 11.3 Å². The molecule has 2 rings (SSSR count). The number of amides is 1. The summed E-state index contributed by atoms with van der Waals surface area (Å²) in [6.45, 7) is 4.11. The second kappa shape index (κ2) is 5.58. The summed E-state index contributed by atoms with van der Waals surface area (Å²) < 4.78 is 1.02. The maximum absolute atomic E-state index is 12.0. The predicted molar refractivity (Wildman–Crippen MR) is 74.7 cm³/mol. The van der Waals surface area contributed by atoms with Crippen molar-refractivity contribution in [1.82, 2.24) is 15.5 Å². The van der Waals surface area contributed by atoms with E-state index >= 15 is 0 Å². The van der Waals surface area contributed by atoms with Crippen LogP contribution in [0.5, 0.6) is 0 Å². The number of rotatable bonds is 3. The number of thiophene rings is 1. The maximum atomic E-state index is 12.0. The summed E-state index contributed by atoms with van der Waals surface area (Å²) >= 11 is 5.04. The summed E-state index contributed by atoms with van der Waals surface area (Å²) in [6, 6.07) is 3.72. The van der Waals surface area contributed by atoms with E-state index in [-0.39, 0.29) is 5.91 Å². The second-order valence-corrected chi connectivity index (χ2v) is 5.71. The Hall–Kier alpha value is -1.27. The SMILES string of the molecule is Cc1cc(C(=O)NCc2sccc2Br)c(C)nn1. The maximum Gasteiger partial charge on any atom is 0.253 e. The summed E-state index contributed by atoms with van der Waals surface area (Å²) in [5.41, 5.74) is 1.96. The largest absolute Gasteiger partial charge is 0.347 e. The molecule has 1 amide bonds. The van der Waals surface area contributed by atoms with Gasteiger partial charge in [-0.2, -0.15) is 10.2 Å². The van der Waals surface area contributed by atoms with Crippen LogP contribution in [-0.4, -0.2) is 16.1 Å². The highest BCUT2D eigenvalue weighted by Crippen LogP contribution is 2.22. The molecule has 18 heavy (non-hydrogen) atoms. The number of halogens is 1. The average molecular weight is 326 g/mol. The molecule has 2 aromatic heterocycles. The number of carbonyl (C=O) groups excluding carboxylic acids is 1. The fourth-order valence-corrected chi connectivity index (χ4v) is 2.92. The van der Waals surface area contributed by atoms with E-state index in [1.165, 1.54) is 0 Å². The molecule has 0 atom stereocenters. The van der Waals surface area contributed by atoms with E-state index in [1.807, 2.05) is 18.4 Å². The summed E-state index contributed by atoms with van der Waals surface area (Å²) in [4.78, 5) is 13.1. The normalized spacial score (nSPS) is 10.4. The quantitative estimate of drug-likeness (QED) is 0.944. The Morgan fingerprint density at radius 3 is 2.89 bits per heavy atom. The molecule has 0 unspecified atom stereocenters. The summed E-state index contributed by atoms with van der Waals surface area (Å²) in [6.07, 6.45) is 0. The third-order valence-corrected chi connectivity index (χ3v) is 4.37. The Balaban J connectivity index is 2.08. The fourth-order valence-electron chi connectivity index (χ4n) is 1.49. The van der Waals surface area contributed by atoms with Crippen LogP contribution in [-0.2, 0) is 6.54 Å². The molecule has 0 aliphatic heterocycles. The van der Waals surface area contributed by atoms with Crippen LogP contribution < -0.4 is 5.32 Å². The lowest BCUT2D eigenvalue weighted by molar-refractivity contribution is 0.0950. The van der Waals surface area contributed by atoms with Crippen LogP contribution in [0.1, 0.15) is 26.6 Å². The van der Waals surface area contributed by atoms with E-state index in [0.29, 0.717) is 17.8 Å². The molecule has 0 saturated heterocycles. The molecule has 6 heteroatoms. The van der Waals surface area contributed by atoms with Crippen LogP contribution in [0, 0.1) is 13.8 Å². The van der Waals surface area contributed by atoms with Crippen molar-refractivity contribution in [2.24, 2.45) is 0 Å². The van der Waals surface area contributed by atoms with Crippen molar-refractivity contribution in [1.29, 1.82) is 0 Å². The smallest absolute Gasteiger partial charge is 0.253 e. The van der Waals surface area contributed by atoms with Crippen LogP contribution in [0.2, 0.25) is 0 Å². The Bertz CT molecular complexity index is 582. The fraction of sp³-hybridized carbons (Fsp3) is 0.250. The van der Waals surface area contributed by atoms with E-state index in [0.717, 1.165) is 15.0 Å². The zero-order valence-electron chi connectivity index (χ0n) is 10.0. The van der Waals surface area contributed by atoms with Crippen molar-refractivity contribution in [3.8, 4) is 0 Å². The first-order valence-corrected chi connectivity index (χ1v) is 7.06. The standard InChI is InChI=1S/C12H12BrN3OS/c1-7-5-9(8(2)16-15-7)12(17)14-6-11-10(13)3-4-18-11/h3-5H,6H2,1-2H3,(H,14,17). The van der Waals surface area contributed by atoms with E-state index in [2.05, 4.69) is 31.4 Å². The van der Waals surface area contributed by atoms with Gasteiger partial charge in [-0.1, -0.05) is 0 Å². The molecule has 0 aliphatic rings. The van der Waals surface area contributed by atoms with Gasteiger partial charge in [0.2, 0.25) is 0 Å². The van der Waals surface area contributed by atoms with Crippen molar-refractivity contribution in [2.45, 2.75) is 20.4 Å². The summed E-state index contributed by atoms with van der Waals surface area (Å²) in [7, 11) is 0. The Kier molecular flexibility index (Phi) is 4.08. The lowest BCUT2D eigenvalue weighted by atomic mass is 10.2. The molecule has 0 saturated carbocycles. The number of hydrogen-bond acceptors (Lipinski definition) is 4. The van der Waals surface area contributed by atoms with Gasteiger partial charge in [-0.3, -0.25) is 4.79 Å². The first-order chi connectivity index (χ1) is 8.58. The third-order valence-electron chi connectivity index (χ3n) is 2.45. The van der Waals surface area contributed by atoms with E-state index in [4.69, 9.17) is 0 Å². The average Bonchev–Trinajstić information content (AvgIpc) is 2.75. The number of aromatic nitrogens is 2. The van der Waals surface area contributed by atoms with Gasteiger partial charge in [0, 0.05) is 9.35 Å². The Morgan fingerprint density at radius 1 is 1.44 bits per heavy atom. The van der Waals surface area contributed by atoms with Gasteiger partial charge < -0.3 is 5.32 Å². The van der Waals surface area contributed by atoms with Gasteiger partial charge in [0.25, 0.3) is 5.91 Å². The Labute approximate surface area is 118 Å². The molecule has 1 N–H and O–H groups in total. The Morgan fingerprint density at radius 2 is 2.22 bits per heavy atom. The zero-order valence-corrected chi connectivity index (χ0v) is 12.4. The molecule has 94 valence electrons. The lowest BCUT2D eigenvalue weighted by Gasteiger charge is -2.06. The molecule has 2 aromatic rings. The minimum atomic E-state index is -0.120. The molecule has 0 aliphatic carbocycles. The van der Waals surface area contributed by atoms with Crippen LogP contribution in [0.4, 0.5) is 0 Å². The van der Waals surface area contributed by atoms with Gasteiger partial charge in [0.1, 0.15) is 0 Å². The van der Waals surface area contributed by atoms with Gasteiger partial charge in [-0.05, 0) is 47.3 Å². The molecule has 2 heterocycles. The van der Waals surface area contributed by atoms with Crippen molar-refractivity contribution in [2.75, 3.05) is 0 Å². The first kappa shape index (κ1) is 13.2. The minimum Gasteiger partial charge on any atom is -0.347 e. The van der Waals surface area contributed by atoms with Gasteiger partial charge in [0.15, 0.2) is 0 Å². The minimum absolute atomic E-state index is 0.120. The van der Waals surface area contributed by atoms with Gasteiger partial charge in [0.05, 0.1) is 23.5 Å². The number of carbonyl (C=O) groups is 1. The highest BCUT2D eigenvalue weighted by Gasteiger charge is 2.11. The number of nitrogens with zero attached hydrogens (tertiary/aromatic N) is 2. The van der Waals surface area contributed by atoms with E-state index in [9.17, 15) is 4.79 Å². The highest BCUT2D eigenvalue weighted by molar-refractivity contribution is 9.10. The lowest BCUT2D eigenvalue weighted by Crippen LogP contribution is -2.24. The van der Waals surface area contributed by atoms with Crippen molar-refractivity contribution < 1.29 is 4.79 Å². The van der Waals surface area contributed by atoms with Gasteiger partial charge >= 0.3 is 0 Å². The first-order valence-electron chi connectivity index (χ1n) is 5.39. The molecule has 0 bridgehead atoms. The molecule has 0 fully saturated rings. The van der Waals surface area contributed by atoms with Crippen molar-refractivity contribution >= 4 is 33.2 Å². The molecule has 0 aromatic carbocycles. The second-order valence-electron chi connectivity index (χ2n) is 3.86. The molecular weight excluding hydrogens is 314 g/mol. The van der Waals surface area contributed by atoms with Crippen molar-refractivity contribution in [3.05, 3.63) is 43.8 Å². The molecule has 4 nitrogen and oxygen atoms in total. The highest BCUT2D eigenvalue weighted by atomic mass is 79.9. The van der Waals surface area contributed by atoms with Gasteiger partial charge in [-0.25, -0.2) is 0 Å². The third kappa shape index (κ3) is 2.94. The number of aryl methyl sites for hydroxylation is 2. The molecule has 0 spiro atoms. The summed E-state index contributed by atoms with van der Waals surface area (Å²) in [5, 5.41) is 12.7. The van der Waals surface area contributed by atoms with E-state index in [1.54, 1.807) is 24.3 Å². The van der Waals surface area contributed by atoms with Crippen LogP contribution >= 0.6 is 27.3 Å². The monoisotopic (exact) mass is 325 g/mol. The molecule has 0 radical (unpaired) electrons. The van der Waals surface area contributed by atoms with Crippen molar-refractivity contribution in [3.63, 3.8) is 0 Å². The number of hydrogen-bond donors (Lipinski definition) is 1. The van der Waals surface area contributed by atoms with Crippen LogP contribution in [0.15, 0.2) is 22.0 Å². The summed E-state index contributed by atoms with van der Waals surface area (Å²) in [5.74, 6) is -0.120.